The summed E-state index contributed by atoms with van der Waals surface area (Å²) in [6.07, 6.45) is 0.873. The van der Waals surface area contributed by atoms with E-state index < -0.39 is 22.6 Å². The Kier molecular flexibility index (Phi) is 7.63. The van der Waals surface area contributed by atoms with Gasteiger partial charge < -0.3 is 10.2 Å². The number of hydrogen-bond donors (Lipinski definition) is 2. The van der Waals surface area contributed by atoms with Crippen molar-refractivity contribution in [3.8, 4) is 0 Å². The molecule has 2 aromatic rings. The van der Waals surface area contributed by atoms with Gasteiger partial charge in [0.1, 0.15) is 12.1 Å². The first-order chi connectivity index (χ1) is 16.1. The predicted octanol–water partition coefficient (Wildman–Crippen LogP) is 3.72. The molecule has 1 aromatic carbocycles. The Balaban J connectivity index is 1.31. The average molecular weight is 500 g/mol. The predicted molar refractivity (Wildman–Crippen MR) is 126 cm³/mol. The van der Waals surface area contributed by atoms with Crippen LogP contribution in [0.4, 0.5) is 19.0 Å². The molecule has 1 saturated heterocycles. The van der Waals surface area contributed by atoms with E-state index >= 15 is 0 Å². The van der Waals surface area contributed by atoms with Gasteiger partial charge in [-0.05, 0) is 62.6 Å². The number of rotatable bonds is 8. The number of alkyl halides is 3. The van der Waals surface area contributed by atoms with Gasteiger partial charge in [0.25, 0.3) is 0 Å². The van der Waals surface area contributed by atoms with Crippen LogP contribution in [0.2, 0.25) is 0 Å². The van der Waals surface area contributed by atoms with Crippen molar-refractivity contribution in [3.05, 3.63) is 30.1 Å². The van der Waals surface area contributed by atoms with Gasteiger partial charge in [-0.15, -0.1) is 0 Å². The van der Waals surface area contributed by atoms with E-state index in [0.717, 1.165) is 51.7 Å². The number of nitrogens with one attached hydrogen (secondary N) is 2. The lowest BCUT2D eigenvalue weighted by atomic mass is 9.86. The van der Waals surface area contributed by atoms with Crippen LogP contribution in [-0.2, 0) is 16.4 Å². The number of anilines is 1. The molecular weight excluding hydrogens is 467 g/mol. The van der Waals surface area contributed by atoms with Crippen LogP contribution in [-0.4, -0.2) is 66.9 Å². The molecule has 34 heavy (non-hydrogen) atoms. The largest absolute Gasteiger partial charge is 0.393 e. The minimum atomic E-state index is -4.26. The van der Waals surface area contributed by atoms with Crippen LogP contribution in [0.5, 0.6) is 0 Å². The molecule has 2 N–H and O–H groups in total. The highest BCUT2D eigenvalue weighted by Crippen LogP contribution is 2.29. The fraction of sp³-hybridized carbons (Fsp3) is 0.652. The van der Waals surface area contributed by atoms with Gasteiger partial charge in [-0.3, -0.25) is 0 Å². The van der Waals surface area contributed by atoms with E-state index in [2.05, 4.69) is 24.9 Å². The van der Waals surface area contributed by atoms with E-state index in [1.165, 1.54) is 18.5 Å². The fourth-order valence-electron chi connectivity index (χ4n) is 5.04. The summed E-state index contributed by atoms with van der Waals surface area (Å²) in [7, 11) is -3.16. The molecule has 188 valence electrons. The molecule has 1 aliphatic carbocycles. The molecule has 0 spiro atoms. The highest BCUT2D eigenvalue weighted by molar-refractivity contribution is 7.89. The van der Waals surface area contributed by atoms with Gasteiger partial charge in [-0.2, -0.15) is 13.2 Å². The van der Waals surface area contributed by atoms with Crippen molar-refractivity contribution in [2.24, 2.45) is 5.92 Å². The van der Waals surface area contributed by atoms with Gasteiger partial charge in [0.2, 0.25) is 10.0 Å². The highest BCUT2D eigenvalue weighted by atomic mass is 32.2. The molecule has 0 radical (unpaired) electrons. The Hall–Kier alpha value is -1.98. The molecule has 4 rings (SSSR count). The van der Waals surface area contributed by atoms with Crippen LogP contribution in [0.25, 0.3) is 10.9 Å². The van der Waals surface area contributed by atoms with Crippen molar-refractivity contribution in [2.45, 2.75) is 63.7 Å². The molecule has 0 bridgehead atoms. The molecular formula is C23H32F3N5O2S. The normalized spacial score (nSPS) is 24.5. The maximum atomic E-state index is 12.8. The quantitative estimate of drug-likeness (QED) is 0.576. The summed E-state index contributed by atoms with van der Waals surface area (Å²) in [5.41, 5.74) is 0.816. The highest BCUT2D eigenvalue weighted by Gasteiger charge is 2.30. The average Bonchev–Trinajstić information content (AvgIpc) is 3.21. The minimum absolute atomic E-state index is 0.0440. The van der Waals surface area contributed by atoms with Crippen molar-refractivity contribution in [2.75, 3.05) is 30.7 Å². The van der Waals surface area contributed by atoms with Crippen LogP contribution < -0.4 is 10.0 Å². The molecule has 1 saturated carbocycles. The standard InChI is InChI=1S/C23H32F3N5O2S/c1-2-34(32,33)30-18-6-3-16(4-7-18)13-31-10-9-19(14-31)29-22-20-11-17(12-23(24,25)26)5-8-21(20)27-15-28-22/h5,8,11,15-16,18-19,30H,2-4,6-7,9-10,12-14H2,1H3,(H,27,28,29)/t16?,18?,19-/m1/s1. The number of aromatic nitrogens is 2. The Morgan fingerprint density at radius 1 is 1.09 bits per heavy atom. The number of hydrogen-bond acceptors (Lipinski definition) is 6. The molecule has 0 amide bonds. The summed E-state index contributed by atoms with van der Waals surface area (Å²) >= 11 is 0. The second-order valence-corrected chi connectivity index (χ2v) is 11.5. The molecule has 2 aliphatic rings. The summed E-state index contributed by atoms with van der Waals surface area (Å²) in [6.45, 7) is 4.42. The Morgan fingerprint density at radius 3 is 2.56 bits per heavy atom. The number of halogens is 3. The summed E-state index contributed by atoms with van der Waals surface area (Å²) in [5, 5.41) is 4.04. The molecule has 0 unspecified atom stereocenters. The number of sulfonamides is 1. The topological polar surface area (TPSA) is 87.2 Å². The second kappa shape index (κ2) is 10.3. The van der Waals surface area contributed by atoms with Crippen LogP contribution >= 0.6 is 0 Å². The smallest absolute Gasteiger partial charge is 0.365 e. The van der Waals surface area contributed by atoms with Gasteiger partial charge in [0.05, 0.1) is 17.7 Å². The zero-order valence-corrected chi connectivity index (χ0v) is 20.1. The van der Waals surface area contributed by atoms with E-state index in [1.54, 1.807) is 13.0 Å². The number of likely N-dealkylation sites (tertiary alicyclic amines) is 1. The fourth-order valence-corrected chi connectivity index (χ4v) is 5.95. The molecule has 7 nitrogen and oxygen atoms in total. The summed E-state index contributed by atoms with van der Waals surface area (Å²) in [6, 6.07) is 4.82. The maximum absolute atomic E-state index is 12.8. The van der Waals surface area contributed by atoms with Gasteiger partial charge >= 0.3 is 6.18 Å². The van der Waals surface area contributed by atoms with E-state index in [9.17, 15) is 21.6 Å². The first kappa shape index (κ1) is 25.1. The Labute approximate surface area is 198 Å². The zero-order valence-electron chi connectivity index (χ0n) is 19.3. The first-order valence-corrected chi connectivity index (χ1v) is 13.5. The van der Waals surface area contributed by atoms with Crippen LogP contribution in [0.15, 0.2) is 24.5 Å². The molecule has 1 aliphatic heterocycles. The van der Waals surface area contributed by atoms with Crippen molar-refractivity contribution in [3.63, 3.8) is 0 Å². The third-order valence-electron chi connectivity index (χ3n) is 6.81. The zero-order chi connectivity index (χ0) is 24.3. The molecule has 1 atom stereocenters. The third kappa shape index (κ3) is 6.79. The molecule has 11 heteroatoms. The molecule has 1 aromatic heterocycles. The second-order valence-electron chi connectivity index (χ2n) is 9.49. The summed E-state index contributed by atoms with van der Waals surface area (Å²) in [5.74, 6) is 1.23. The van der Waals surface area contributed by atoms with E-state index in [0.29, 0.717) is 22.6 Å². The SMILES string of the molecule is CCS(=O)(=O)NC1CCC(CN2CC[C@@H](Nc3ncnc4ccc(CC(F)(F)F)cc34)C2)CC1. The number of fused-ring (bicyclic) bond motifs is 1. The van der Waals surface area contributed by atoms with E-state index in [1.807, 2.05) is 0 Å². The third-order valence-corrected chi connectivity index (χ3v) is 8.26. The van der Waals surface area contributed by atoms with Crippen LogP contribution in [0, 0.1) is 5.92 Å². The van der Waals surface area contributed by atoms with Crippen molar-refractivity contribution in [1.29, 1.82) is 0 Å². The van der Waals surface area contributed by atoms with Gasteiger partial charge in [-0.25, -0.2) is 23.1 Å². The summed E-state index contributed by atoms with van der Waals surface area (Å²) in [4.78, 5) is 10.9. The molecule has 2 heterocycles. The monoisotopic (exact) mass is 499 g/mol. The van der Waals surface area contributed by atoms with Crippen molar-refractivity contribution in [1.82, 2.24) is 19.6 Å². The Morgan fingerprint density at radius 2 is 1.85 bits per heavy atom. The van der Waals surface area contributed by atoms with Crippen molar-refractivity contribution >= 4 is 26.7 Å². The van der Waals surface area contributed by atoms with Crippen LogP contribution in [0.3, 0.4) is 0 Å². The lowest BCUT2D eigenvalue weighted by Gasteiger charge is -2.31. The van der Waals surface area contributed by atoms with Crippen molar-refractivity contribution < 1.29 is 21.6 Å². The number of benzene rings is 1. The van der Waals surface area contributed by atoms with E-state index in [4.69, 9.17) is 0 Å². The summed E-state index contributed by atoms with van der Waals surface area (Å²) < 4.78 is 64.9. The number of nitrogens with zero attached hydrogens (tertiary/aromatic N) is 3. The maximum Gasteiger partial charge on any atom is 0.393 e. The molecule has 2 fully saturated rings. The lowest BCUT2D eigenvalue weighted by Crippen LogP contribution is -2.40. The Bertz CT molecular complexity index is 1090. The lowest BCUT2D eigenvalue weighted by molar-refractivity contribution is -0.127. The van der Waals surface area contributed by atoms with Crippen LogP contribution in [0.1, 0.15) is 44.6 Å². The van der Waals surface area contributed by atoms with Gasteiger partial charge in [-0.1, -0.05) is 6.07 Å². The van der Waals surface area contributed by atoms with Gasteiger partial charge in [0, 0.05) is 37.1 Å². The van der Waals surface area contributed by atoms with Gasteiger partial charge in [0.15, 0.2) is 0 Å². The van der Waals surface area contributed by atoms with E-state index in [-0.39, 0.29) is 23.4 Å². The minimum Gasteiger partial charge on any atom is -0.365 e. The first-order valence-electron chi connectivity index (χ1n) is 11.9.